The number of aliphatic hydroxyl groups is 1. The van der Waals surface area contributed by atoms with Crippen molar-refractivity contribution in [3.63, 3.8) is 0 Å². The van der Waals surface area contributed by atoms with E-state index in [0.29, 0.717) is 30.8 Å². The van der Waals surface area contributed by atoms with Gasteiger partial charge in [0.05, 0.1) is 6.10 Å². The van der Waals surface area contributed by atoms with Crippen molar-refractivity contribution in [3.8, 4) is 11.5 Å². The lowest BCUT2D eigenvalue weighted by Crippen LogP contribution is -2.13. The van der Waals surface area contributed by atoms with Gasteiger partial charge in [0.15, 0.2) is 5.78 Å². The molecule has 0 aromatic heterocycles. The third-order valence-electron chi connectivity index (χ3n) is 4.45. The van der Waals surface area contributed by atoms with Crippen molar-refractivity contribution in [2.24, 2.45) is 0 Å². The van der Waals surface area contributed by atoms with Crippen molar-refractivity contribution in [2.45, 2.75) is 52.1 Å². The van der Waals surface area contributed by atoms with E-state index < -0.39 is 6.10 Å². The number of Topliss-reactive ketones (excluding diaryl/α,β-unsaturated/α-hetero) is 1. The van der Waals surface area contributed by atoms with Crippen LogP contribution in [-0.2, 0) is 11.2 Å². The number of benzene rings is 2. The molecule has 0 spiro atoms. The largest absolute Gasteiger partial charge is 0.508 e. The van der Waals surface area contributed by atoms with Crippen LogP contribution in [0.25, 0.3) is 0 Å². The van der Waals surface area contributed by atoms with Gasteiger partial charge >= 0.3 is 0 Å². The summed E-state index contributed by atoms with van der Waals surface area (Å²) in [4.78, 5) is 11.8. The molecule has 2 N–H and O–H groups in total. The summed E-state index contributed by atoms with van der Waals surface area (Å²) >= 11 is 7.19. The lowest BCUT2D eigenvalue weighted by atomic mass is 9.96. The van der Waals surface area contributed by atoms with Crippen molar-refractivity contribution < 1.29 is 19.7 Å². The third-order valence-corrected chi connectivity index (χ3v) is 5.87. The number of hydrogen-bond donors (Lipinski definition) is 2. The average molecular weight is 514 g/mol. The fourth-order valence-electron chi connectivity index (χ4n) is 2.82. The van der Waals surface area contributed by atoms with Crippen molar-refractivity contribution in [3.05, 3.63) is 56.0 Å². The van der Waals surface area contributed by atoms with Gasteiger partial charge in [-0.1, -0.05) is 57.8 Å². The number of hydrogen-bond acceptors (Lipinski definition) is 4. The number of phenolic OH excluding ortho intramolecular Hbond substituents is 1. The first kappa shape index (κ1) is 22.9. The highest BCUT2D eigenvalue weighted by molar-refractivity contribution is 9.11. The van der Waals surface area contributed by atoms with Crippen LogP contribution in [0.1, 0.15) is 56.2 Å². The molecule has 152 valence electrons. The smallest absolute Gasteiger partial charge is 0.170 e. The highest BCUT2D eigenvalue weighted by Gasteiger charge is 2.13. The van der Waals surface area contributed by atoms with Crippen LogP contribution in [0.4, 0.5) is 0 Å². The van der Waals surface area contributed by atoms with Gasteiger partial charge in [-0.05, 0) is 60.6 Å². The molecule has 0 saturated carbocycles. The van der Waals surface area contributed by atoms with Crippen molar-refractivity contribution >= 4 is 37.6 Å². The molecule has 0 heterocycles. The van der Waals surface area contributed by atoms with Crippen LogP contribution in [0.3, 0.4) is 0 Å². The van der Waals surface area contributed by atoms with E-state index >= 15 is 0 Å². The maximum Gasteiger partial charge on any atom is 0.170 e. The van der Waals surface area contributed by atoms with Crippen molar-refractivity contribution in [1.82, 2.24) is 0 Å². The maximum absolute atomic E-state index is 11.8. The molecule has 0 bridgehead atoms. The first-order chi connectivity index (χ1) is 13.2. The van der Waals surface area contributed by atoms with Gasteiger partial charge in [-0.3, -0.25) is 4.79 Å². The van der Waals surface area contributed by atoms with Gasteiger partial charge in [-0.25, -0.2) is 0 Å². The number of carbonyl (C=O) groups excluding carboxylic acids is 1. The summed E-state index contributed by atoms with van der Waals surface area (Å²) < 4.78 is 7.37. The van der Waals surface area contributed by atoms with E-state index in [1.165, 1.54) is 0 Å². The second-order valence-corrected chi connectivity index (χ2v) is 9.01. The quantitative estimate of drug-likeness (QED) is 0.448. The molecule has 2 aromatic rings. The van der Waals surface area contributed by atoms with E-state index in [4.69, 9.17) is 4.74 Å². The van der Waals surface area contributed by atoms with Gasteiger partial charge < -0.3 is 14.9 Å². The van der Waals surface area contributed by atoms with Gasteiger partial charge in [0.1, 0.15) is 18.1 Å². The first-order valence-corrected chi connectivity index (χ1v) is 10.9. The van der Waals surface area contributed by atoms with Crippen LogP contribution in [0, 0.1) is 0 Å². The standard InChI is InChI=1S/C22H26Br2O4/c1-13(2)18-8-15(5-7-22(18)27)9-19-20(23)10-17(11-21(19)24)28-12-16(26)6-4-14(3)25/h5,7-8,10-11,13-14,25,27H,4,6,9,12H2,1-3H3/t14-/m0/s1. The Labute approximate surface area is 183 Å². The molecule has 0 amide bonds. The summed E-state index contributed by atoms with van der Waals surface area (Å²) in [7, 11) is 0. The number of rotatable bonds is 9. The van der Waals surface area contributed by atoms with E-state index in [1.807, 2.05) is 24.3 Å². The summed E-state index contributed by atoms with van der Waals surface area (Å²) in [5.74, 6) is 1.12. The molecule has 1 atom stereocenters. The van der Waals surface area contributed by atoms with Crippen LogP contribution in [0.2, 0.25) is 0 Å². The zero-order valence-corrected chi connectivity index (χ0v) is 19.5. The van der Waals surface area contributed by atoms with Gasteiger partial charge in [0.25, 0.3) is 0 Å². The Morgan fingerprint density at radius 3 is 2.32 bits per heavy atom. The second-order valence-electron chi connectivity index (χ2n) is 7.31. The molecule has 0 radical (unpaired) electrons. The summed E-state index contributed by atoms with van der Waals surface area (Å²) in [5.41, 5.74) is 3.10. The third kappa shape index (κ3) is 6.61. The molecule has 28 heavy (non-hydrogen) atoms. The van der Waals surface area contributed by atoms with Gasteiger partial charge in [-0.2, -0.15) is 0 Å². The minimum absolute atomic E-state index is 0.0132. The fourth-order valence-corrected chi connectivity index (χ4v) is 4.24. The van der Waals surface area contributed by atoms with Crippen LogP contribution in [0.5, 0.6) is 11.5 Å². The lowest BCUT2D eigenvalue weighted by molar-refractivity contribution is -0.121. The van der Waals surface area contributed by atoms with Gasteiger partial charge in [0, 0.05) is 15.4 Å². The Bertz CT molecular complexity index is 808. The zero-order valence-electron chi connectivity index (χ0n) is 16.3. The monoisotopic (exact) mass is 512 g/mol. The molecule has 2 aromatic carbocycles. The summed E-state index contributed by atoms with van der Waals surface area (Å²) in [6, 6.07) is 9.40. The molecule has 0 aliphatic rings. The van der Waals surface area contributed by atoms with Crippen LogP contribution in [-0.4, -0.2) is 28.7 Å². The summed E-state index contributed by atoms with van der Waals surface area (Å²) in [6.45, 7) is 5.76. The number of phenols is 1. The number of halogens is 2. The maximum atomic E-state index is 11.8. The van der Waals surface area contributed by atoms with Crippen LogP contribution in [0.15, 0.2) is 39.3 Å². The Morgan fingerprint density at radius 1 is 1.11 bits per heavy atom. The van der Waals surface area contributed by atoms with E-state index in [1.54, 1.807) is 13.0 Å². The highest BCUT2D eigenvalue weighted by Crippen LogP contribution is 2.34. The van der Waals surface area contributed by atoms with Crippen LogP contribution >= 0.6 is 31.9 Å². The van der Waals surface area contributed by atoms with E-state index in [9.17, 15) is 15.0 Å². The Balaban J connectivity index is 2.10. The normalized spacial score (nSPS) is 12.2. The van der Waals surface area contributed by atoms with Crippen molar-refractivity contribution in [1.29, 1.82) is 0 Å². The van der Waals surface area contributed by atoms with E-state index in [-0.39, 0.29) is 18.3 Å². The number of ketones is 1. The molecule has 0 saturated heterocycles. The Hall–Kier alpha value is -1.37. The number of carbonyl (C=O) groups is 1. The lowest BCUT2D eigenvalue weighted by Gasteiger charge is -2.14. The first-order valence-electron chi connectivity index (χ1n) is 9.29. The molecule has 0 unspecified atom stereocenters. The van der Waals surface area contributed by atoms with Gasteiger partial charge in [0.2, 0.25) is 0 Å². The predicted molar refractivity (Wildman–Crippen MR) is 118 cm³/mol. The molecule has 2 rings (SSSR count). The minimum Gasteiger partial charge on any atom is -0.508 e. The molecule has 0 aliphatic carbocycles. The Morgan fingerprint density at radius 2 is 1.75 bits per heavy atom. The summed E-state index contributed by atoms with van der Waals surface area (Å²) in [6.07, 6.45) is 0.952. The van der Waals surface area contributed by atoms with Gasteiger partial charge in [-0.15, -0.1) is 0 Å². The average Bonchev–Trinajstić information content (AvgIpc) is 2.62. The fraction of sp³-hybridized carbons (Fsp3) is 0.409. The molecular formula is C22H26Br2O4. The number of ether oxygens (including phenoxy) is 1. The number of aromatic hydroxyl groups is 1. The highest BCUT2D eigenvalue weighted by atomic mass is 79.9. The van der Waals surface area contributed by atoms with E-state index in [0.717, 1.165) is 25.6 Å². The molecule has 4 nitrogen and oxygen atoms in total. The second kappa shape index (κ2) is 10.4. The van der Waals surface area contributed by atoms with E-state index in [2.05, 4.69) is 45.7 Å². The summed E-state index contributed by atoms with van der Waals surface area (Å²) in [5, 5.41) is 19.3. The Kier molecular flexibility index (Phi) is 8.53. The van der Waals surface area contributed by atoms with Crippen LogP contribution < -0.4 is 4.74 Å². The zero-order chi connectivity index (χ0) is 20.8. The SMILES string of the molecule is CC(C)c1cc(Cc2c(Br)cc(OCC(=O)CC[C@H](C)O)cc2Br)ccc1O. The molecule has 0 fully saturated rings. The molecular weight excluding hydrogens is 488 g/mol. The number of aliphatic hydroxyl groups excluding tert-OH is 1. The van der Waals surface area contributed by atoms with Crippen molar-refractivity contribution in [2.75, 3.05) is 6.61 Å². The minimum atomic E-state index is -0.484. The predicted octanol–water partition coefficient (Wildman–Crippen LogP) is 5.74. The molecule has 0 aliphatic heterocycles. The topological polar surface area (TPSA) is 66.8 Å². The molecule has 6 heteroatoms.